The van der Waals surface area contributed by atoms with Crippen LogP contribution in [0.3, 0.4) is 0 Å². The van der Waals surface area contributed by atoms with Crippen molar-refractivity contribution in [3.8, 4) is 78.7 Å². The van der Waals surface area contributed by atoms with Crippen LogP contribution in [0.1, 0.15) is 0 Å². The van der Waals surface area contributed by atoms with E-state index in [2.05, 4.69) is 115 Å². The van der Waals surface area contributed by atoms with Gasteiger partial charge in [-0.15, -0.1) is 0 Å². The van der Waals surface area contributed by atoms with Crippen LogP contribution in [0.2, 0.25) is 0 Å². The molecule has 0 N–H and O–H groups in total. The minimum Gasteiger partial charge on any atom is -0.208 e. The monoisotopic (exact) mass is 635 g/mol. The molecule has 3 nitrogen and oxygen atoms in total. The fourth-order valence-corrected chi connectivity index (χ4v) is 7.57. The third kappa shape index (κ3) is 4.56. The van der Waals surface area contributed by atoms with Crippen LogP contribution >= 0.6 is 0 Å². The molecule has 9 aromatic rings. The highest BCUT2D eigenvalue weighted by Gasteiger charge is 2.24. The van der Waals surface area contributed by atoms with Crippen LogP contribution in [0.15, 0.2) is 176 Å². The Hall–Kier alpha value is -6.71. The van der Waals surface area contributed by atoms with Gasteiger partial charge in [-0.1, -0.05) is 176 Å². The zero-order valence-electron chi connectivity index (χ0n) is 27.1. The van der Waals surface area contributed by atoms with Crippen molar-refractivity contribution in [1.82, 2.24) is 15.0 Å². The van der Waals surface area contributed by atoms with Crippen molar-refractivity contribution < 1.29 is 0 Å². The standard InChI is InChI=1S/C47H29N3/c1-3-13-32(14-4-1)45-48-46(33-15-5-2-6-16-33)50-47(49-45)34-24-22-31(23-25-34)36-27-26-30-12-7-8-17-35(30)43(36)42-29-28-41-38-19-10-9-18-37(38)39-20-11-21-40(42)44(39)41/h1-29H. The van der Waals surface area contributed by atoms with Gasteiger partial charge in [0.1, 0.15) is 0 Å². The lowest BCUT2D eigenvalue weighted by Crippen LogP contribution is -2.00. The topological polar surface area (TPSA) is 38.7 Å². The molecule has 0 bridgehead atoms. The predicted molar refractivity (Wildman–Crippen MR) is 206 cm³/mol. The molecule has 0 saturated carbocycles. The van der Waals surface area contributed by atoms with Gasteiger partial charge in [-0.05, 0) is 66.1 Å². The van der Waals surface area contributed by atoms with E-state index < -0.39 is 0 Å². The second kappa shape index (κ2) is 11.5. The van der Waals surface area contributed by atoms with Crippen LogP contribution in [0.4, 0.5) is 0 Å². The molecule has 3 heteroatoms. The van der Waals surface area contributed by atoms with Crippen molar-refractivity contribution in [3.05, 3.63) is 176 Å². The second-order valence-corrected chi connectivity index (χ2v) is 12.8. The first-order valence-electron chi connectivity index (χ1n) is 17.0. The Morgan fingerprint density at radius 1 is 0.260 bits per heavy atom. The Labute approximate surface area is 290 Å². The summed E-state index contributed by atoms with van der Waals surface area (Å²) in [6.45, 7) is 0. The number of nitrogens with zero attached hydrogens (tertiary/aromatic N) is 3. The zero-order chi connectivity index (χ0) is 33.0. The first-order chi connectivity index (χ1) is 24.8. The Morgan fingerprint density at radius 2 is 0.720 bits per heavy atom. The highest BCUT2D eigenvalue weighted by atomic mass is 15.0. The molecule has 0 spiro atoms. The predicted octanol–water partition coefficient (Wildman–Crippen LogP) is 12.2. The van der Waals surface area contributed by atoms with Crippen LogP contribution in [0.5, 0.6) is 0 Å². The van der Waals surface area contributed by atoms with E-state index in [1.165, 1.54) is 60.5 Å². The summed E-state index contributed by atoms with van der Waals surface area (Å²) in [6.07, 6.45) is 0. The van der Waals surface area contributed by atoms with Crippen LogP contribution in [-0.4, -0.2) is 15.0 Å². The molecule has 8 aromatic carbocycles. The maximum atomic E-state index is 4.96. The van der Waals surface area contributed by atoms with Crippen molar-refractivity contribution in [3.63, 3.8) is 0 Å². The quantitative estimate of drug-likeness (QED) is 0.189. The fraction of sp³-hybridized carbons (Fsp3) is 0. The van der Waals surface area contributed by atoms with Gasteiger partial charge in [-0.25, -0.2) is 15.0 Å². The number of fused-ring (bicyclic) bond motifs is 4. The number of aromatic nitrogens is 3. The van der Waals surface area contributed by atoms with E-state index in [1.54, 1.807) is 0 Å². The minimum absolute atomic E-state index is 0.648. The zero-order valence-corrected chi connectivity index (χ0v) is 27.1. The third-order valence-corrected chi connectivity index (χ3v) is 9.90. The summed E-state index contributed by atoms with van der Waals surface area (Å²) in [5.74, 6) is 1.96. The molecule has 10 rings (SSSR count). The molecule has 0 saturated heterocycles. The molecular formula is C47H29N3. The van der Waals surface area contributed by atoms with Gasteiger partial charge in [-0.2, -0.15) is 0 Å². The largest absolute Gasteiger partial charge is 0.208 e. The first-order valence-corrected chi connectivity index (χ1v) is 17.0. The lowest BCUT2D eigenvalue weighted by atomic mass is 9.86. The average molecular weight is 636 g/mol. The van der Waals surface area contributed by atoms with Gasteiger partial charge in [0.15, 0.2) is 17.5 Å². The van der Waals surface area contributed by atoms with E-state index >= 15 is 0 Å². The third-order valence-electron chi connectivity index (χ3n) is 9.90. The van der Waals surface area contributed by atoms with E-state index in [0.29, 0.717) is 17.5 Å². The highest BCUT2D eigenvalue weighted by Crippen LogP contribution is 2.51. The molecule has 0 fully saturated rings. The fourth-order valence-electron chi connectivity index (χ4n) is 7.57. The molecule has 0 amide bonds. The minimum atomic E-state index is 0.648. The number of rotatable bonds is 5. The Balaban J connectivity index is 1.13. The number of benzene rings is 8. The maximum absolute atomic E-state index is 4.96. The molecule has 232 valence electrons. The van der Waals surface area contributed by atoms with Crippen LogP contribution in [0, 0.1) is 0 Å². The van der Waals surface area contributed by atoms with E-state index in [1.807, 2.05) is 60.7 Å². The van der Waals surface area contributed by atoms with Gasteiger partial charge in [0.05, 0.1) is 0 Å². The molecule has 0 radical (unpaired) electrons. The van der Waals surface area contributed by atoms with E-state index in [-0.39, 0.29) is 0 Å². The molecule has 0 atom stereocenters. The van der Waals surface area contributed by atoms with Gasteiger partial charge in [0, 0.05) is 16.7 Å². The molecule has 0 unspecified atom stereocenters. The summed E-state index contributed by atoms with van der Waals surface area (Å²) < 4.78 is 0. The number of hydrogen-bond acceptors (Lipinski definition) is 3. The van der Waals surface area contributed by atoms with Crippen molar-refractivity contribution in [2.75, 3.05) is 0 Å². The van der Waals surface area contributed by atoms with E-state index in [4.69, 9.17) is 15.0 Å². The molecule has 1 aliphatic carbocycles. The van der Waals surface area contributed by atoms with Crippen LogP contribution in [0.25, 0.3) is 100 Å². The Bertz CT molecular complexity index is 2650. The molecule has 0 aliphatic heterocycles. The average Bonchev–Trinajstić information content (AvgIpc) is 3.53. The summed E-state index contributed by atoms with van der Waals surface area (Å²) >= 11 is 0. The number of hydrogen-bond donors (Lipinski definition) is 0. The summed E-state index contributed by atoms with van der Waals surface area (Å²) in [5.41, 5.74) is 12.9. The highest BCUT2D eigenvalue weighted by molar-refractivity contribution is 6.21. The maximum Gasteiger partial charge on any atom is 0.164 e. The van der Waals surface area contributed by atoms with Crippen molar-refractivity contribution in [1.29, 1.82) is 0 Å². The van der Waals surface area contributed by atoms with Crippen LogP contribution < -0.4 is 0 Å². The Morgan fingerprint density at radius 3 is 1.38 bits per heavy atom. The van der Waals surface area contributed by atoms with Gasteiger partial charge in [-0.3, -0.25) is 0 Å². The van der Waals surface area contributed by atoms with Gasteiger partial charge in [0.2, 0.25) is 0 Å². The van der Waals surface area contributed by atoms with Crippen LogP contribution in [-0.2, 0) is 0 Å². The summed E-state index contributed by atoms with van der Waals surface area (Å²) in [4.78, 5) is 14.8. The summed E-state index contributed by atoms with van der Waals surface area (Å²) in [7, 11) is 0. The lowest BCUT2D eigenvalue weighted by molar-refractivity contribution is 1.07. The lowest BCUT2D eigenvalue weighted by Gasteiger charge is -2.17. The van der Waals surface area contributed by atoms with Crippen molar-refractivity contribution in [2.24, 2.45) is 0 Å². The smallest absolute Gasteiger partial charge is 0.164 e. The Kier molecular flexibility index (Phi) is 6.49. The SMILES string of the molecule is c1ccc(-c2nc(-c3ccccc3)nc(-c3ccc(-c4ccc5ccccc5c4-c4ccc5c6c(cccc46)-c4ccccc4-5)cc3)n2)cc1. The summed E-state index contributed by atoms with van der Waals surface area (Å²) in [6, 6.07) is 62.3. The summed E-state index contributed by atoms with van der Waals surface area (Å²) in [5, 5.41) is 5.07. The molecule has 1 aromatic heterocycles. The van der Waals surface area contributed by atoms with Crippen molar-refractivity contribution >= 4 is 21.5 Å². The first kappa shape index (κ1) is 28.3. The van der Waals surface area contributed by atoms with Gasteiger partial charge >= 0.3 is 0 Å². The van der Waals surface area contributed by atoms with Crippen molar-refractivity contribution in [2.45, 2.75) is 0 Å². The van der Waals surface area contributed by atoms with E-state index in [0.717, 1.165) is 22.3 Å². The molecular weight excluding hydrogens is 607 g/mol. The van der Waals surface area contributed by atoms with Gasteiger partial charge in [0.25, 0.3) is 0 Å². The second-order valence-electron chi connectivity index (χ2n) is 12.8. The molecule has 50 heavy (non-hydrogen) atoms. The molecule has 1 heterocycles. The normalized spacial score (nSPS) is 11.6. The molecule has 1 aliphatic rings. The van der Waals surface area contributed by atoms with E-state index in [9.17, 15) is 0 Å². The van der Waals surface area contributed by atoms with Gasteiger partial charge < -0.3 is 0 Å².